The highest BCUT2D eigenvalue weighted by Crippen LogP contribution is 2.25. The van der Waals surface area contributed by atoms with Gasteiger partial charge in [0.2, 0.25) is 0 Å². The fourth-order valence-corrected chi connectivity index (χ4v) is 3.05. The molecule has 0 bridgehead atoms. The summed E-state index contributed by atoms with van der Waals surface area (Å²) in [4.78, 5) is 6.06. The third-order valence-electron chi connectivity index (χ3n) is 4.26. The lowest BCUT2D eigenvalue weighted by molar-refractivity contribution is -0.142. The van der Waals surface area contributed by atoms with Gasteiger partial charge in [0, 0.05) is 5.69 Å². The second kappa shape index (κ2) is 7.72. The largest absolute Gasteiger partial charge is 0.403 e. The van der Waals surface area contributed by atoms with Crippen LogP contribution in [0.5, 0.6) is 5.75 Å². The Bertz CT molecular complexity index is 791. The molecule has 26 heavy (non-hydrogen) atoms. The van der Waals surface area contributed by atoms with E-state index in [0.717, 1.165) is 22.6 Å². The zero-order chi connectivity index (χ0) is 18.7. The Hall–Kier alpha value is -2.63. The lowest BCUT2D eigenvalue weighted by Gasteiger charge is -2.39. The minimum Gasteiger partial charge on any atom is -0.403 e. The molecule has 0 spiro atoms. The van der Waals surface area contributed by atoms with Gasteiger partial charge in [-0.15, -0.1) is 5.06 Å². The van der Waals surface area contributed by atoms with Crippen LogP contribution in [0.25, 0.3) is 0 Å². The fourth-order valence-electron chi connectivity index (χ4n) is 3.05. The Labute approximate surface area is 153 Å². The highest BCUT2D eigenvalue weighted by atomic mass is 16.7. The summed E-state index contributed by atoms with van der Waals surface area (Å²) in [5.41, 5.74) is 4.93. The minimum absolute atomic E-state index is 0.233. The van der Waals surface area contributed by atoms with E-state index in [1.54, 1.807) is 22.2 Å². The third kappa shape index (κ3) is 4.12. The van der Waals surface area contributed by atoms with E-state index in [1.165, 1.54) is 5.56 Å². The van der Waals surface area contributed by atoms with Gasteiger partial charge in [0.15, 0.2) is 5.75 Å². The van der Waals surface area contributed by atoms with E-state index in [4.69, 9.17) is 15.9 Å². The summed E-state index contributed by atoms with van der Waals surface area (Å²) in [6.45, 7) is 7.12. The number of hydrogen-bond donors (Lipinski definition) is 3. The summed E-state index contributed by atoms with van der Waals surface area (Å²) < 4.78 is 0. The zero-order valence-corrected chi connectivity index (χ0v) is 15.3. The van der Waals surface area contributed by atoms with E-state index in [9.17, 15) is 0 Å². The van der Waals surface area contributed by atoms with Crippen LogP contribution in [0.4, 0.5) is 5.69 Å². The van der Waals surface area contributed by atoms with E-state index in [2.05, 4.69) is 35.8 Å². The molecule has 7 heteroatoms. The first-order valence-corrected chi connectivity index (χ1v) is 8.48. The molecule has 0 aromatic heterocycles. The van der Waals surface area contributed by atoms with Crippen LogP contribution in [0.15, 0.2) is 36.4 Å². The third-order valence-corrected chi connectivity index (χ3v) is 4.26. The fraction of sp³-hybridized carbons (Fsp3) is 0.316. The van der Waals surface area contributed by atoms with Crippen molar-refractivity contribution >= 4 is 5.69 Å². The quantitative estimate of drug-likeness (QED) is 0.727. The van der Waals surface area contributed by atoms with E-state index >= 15 is 0 Å². The Morgan fingerprint density at radius 1 is 1.19 bits per heavy atom. The van der Waals surface area contributed by atoms with Crippen LogP contribution in [-0.2, 0) is 0 Å². The molecule has 1 aliphatic rings. The molecule has 0 amide bonds. The van der Waals surface area contributed by atoms with Crippen molar-refractivity contribution in [3.63, 3.8) is 0 Å². The molecule has 1 atom stereocenters. The molecule has 1 fully saturated rings. The zero-order valence-electron chi connectivity index (χ0n) is 15.3. The first kappa shape index (κ1) is 18.2. The van der Waals surface area contributed by atoms with Gasteiger partial charge < -0.3 is 10.2 Å². The van der Waals surface area contributed by atoms with Gasteiger partial charge in [-0.2, -0.15) is 10.3 Å². The normalized spacial score (nSPS) is 18.3. The maximum Gasteiger partial charge on any atom is 0.153 e. The number of nitriles is 1. The molecule has 3 rings (SSSR count). The SMILES string of the molecule is Cc1cc(C)c(ON2CNC(Nc3ccc(C#N)cc3)N(N)C2)c(C)c1. The van der Waals surface area contributed by atoms with Gasteiger partial charge in [0.25, 0.3) is 0 Å². The average Bonchev–Trinajstić information content (AvgIpc) is 2.61. The van der Waals surface area contributed by atoms with Gasteiger partial charge in [0.05, 0.1) is 18.3 Å². The average molecular weight is 352 g/mol. The number of hydrogen-bond acceptors (Lipinski definition) is 7. The molecule has 7 nitrogen and oxygen atoms in total. The molecule has 1 heterocycles. The second-order valence-electron chi connectivity index (χ2n) is 6.55. The highest BCUT2D eigenvalue weighted by molar-refractivity contribution is 5.47. The summed E-state index contributed by atoms with van der Waals surface area (Å²) in [5.74, 6) is 7.03. The number of nitrogens with two attached hydrogens (primary N) is 1. The number of benzene rings is 2. The van der Waals surface area contributed by atoms with Crippen molar-refractivity contribution in [3.8, 4) is 11.8 Å². The number of hydroxylamine groups is 2. The molecular weight excluding hydrogens is 328 g/mol. The molecule has 4 N–H and O–H groups in total. The maximum absolute atomic E-state index is 8.87. The second-order valence-corrected chi connectivity index (χ2v) is 6.55. The predicted octanol–water partition coefficient (Wildman–Crippen LogP) is 2.17. The number of aryl methyl sites for hydroxylation is 3. The maximum atomic E-state index is 8.87. The Balaban J connectivity index is 1.60. The molecule has 0 aliphatic carbocycles. The van der Waals surface area contributed by atoms with E-state index < -0.39 is 0 Å². The molecule has 136 valence electrons. The van der Waals surface area contributed by atoms with Crippen LogP contribution in [0.3, 0.4) is 0 Å². The van der Waals surface area contributed by atoms with Crippen LogP contribution in [0, 0.1) is 32.1 Å². The molecule has 1 unspecified atom stereocenters. The van der Waals surface area contributed by atoms with Crippen LogP contribution in [0.2, 0.25) is 0 Å². The number of nitrogens with one attached hydrogen (secondary N) is 2. The van der Waals surface area contributed by atoms with Crippen molar-refractivity contribution in [1.29, 1.82) is 5.26 Å². The van der Waals surface area contributed by atoms with Crippen molar-refractivity contribution in [2.75, 3.05) is 18.7 Å². The summed E-state index contributed by atoms with van der Waals surface area (Å²) in [6.07, 6.45) is -0.233. The predicted molar refractivity (Wildman–Crippen MR) is 101 cm³/mol. The summed E-state index contributed by atoms with van der Waals surface area (Å²) >= 11 is 0. The van der Waals surface area contributed by atoms with E-state index in [0.29, 0.717) is 18.9 Å². The minimum atomic E-state index is -0.233. The van der Waals surface area contributed by atoms with Gasteiger partial charge in [-0.25, -0.2) is 0 Å². The van der Waals surface area contributed by atoms with Gasteiger partial charge in [0.1, 0.15) is 13.0 Å². The Morgan fingerprint density at radius 3 is 2.42 bits per heavy atom. The first-order valence-electron chi connectivity index (χ1n) is 8.48. The molecule has 0 saturated carbocycles. The Morgan fingerprint density at radius 2 is 1.85 bits per heavy atom. The van der Waals surface area contributed by atoms with Crippen molar-refractivity contribution in [2.45, 2.75) is 27.1 Å². The lowest BCUT2D eigenvalue weighted by atomic mass is 10.1. The van der Waals surface area contributed by atoms with Gasteiger partial charge >= 0.3 is 0 Å². The number of anilines is 1. The summed E-state index contributed by atoms with van der Waals surface area (Å²) in [6, 6.07) is 13.6. The molecule has 0 radical (unpaired) electrons. The summed E-state index contributed by atoms with van der Waals surface area (Å²) in [7, 11) is 0. The molecule has 2 aromatic carbocycles. The molecule has 2 aromatic rings. The van der Waals surface area contributed by atoms with Gasteiger partial charge in [-0.1, -0.05) is 17.7 Å². The molecular formula is C19H24N6O. The smallest absolute Gasteiger partial charge is 0.153 e. The summed E-state index contributed by atoms with van der Waals surface area (Å²) in [5, 5.41) is 18.9. The van der Waals surface area contributed by atoms with E-state index in [1.807, 2.05) is 26.0 Å². The number of nitrogens with zero attached hydrogens (tertiary/aromatic N) is 3. The number of hydrazine groups is 1. The van der Waals surface area contributed by atoms with Crippen LogP contribution in [0.1, 0.15) is 22.3 Å². The lowest BCUT2D eigenvalue weighted by Crippen LogP contribution is -2.65. The first-order chi connectivity index (χ1) is 12.5. The van der Waals surface area contributed by atoms with Crippen LogP contribution in [-0.4, -0.2) is 29.7 Å². The van der Waals surface area contributed by atoms with Gasteiger partial charge in [-0.3, -0.25) is 11.2 Å². The standard InChI is InChI=1S/C19H24N6O/c1-13-8-14(2)18(15(3)9-13)26-24-11-22-19(25(21)12-24)23-17-6-4-16(10-20)5-7-17/h4-9,19,22-23H,11-12,21H2,1-3H3. The number of rotatable bonds is 4. The Kier molecular flexibility index (Phi) is 5.40. The van der Waals surface area contributed by atoms with Gasteiger partial charge in [-0.05, 0) is 56.2 Å². The van der Waals surface area contributed by atoms with Crippen molar-refractivity contribution in [3.05, 3.63) is 58.7 Å². The molecule has 1 saturated heterocycles. The van der Waals surface area contributed by atoms with Crippen LogP contribution >= 0.6 is 0 Å². The molecule has 1 aliphatic heterocycles. The van der Waals surface area contributed by atoms with Crippen LogP contribution < -0.4 is 21.3 Å². The topological polar surface area (TPSA) is 89.6 Å². The van der Waals surface area contributed by atoms with Crippen molar-refractivity contribution in [1.82, 2.24) is 15.4 Å². The monoisotopic (exact) mass is 352 g/mol. The van der Waals surface area contributed by atoms with Crippen molar-refractivity contribution in [2.24, 2.45) is 5.84 Å². The van der Waals surface area contributed by atoms with Crippen molar-refractivity contribution < 1.29 is 4.84 Å². The highest BCUT2D eigenvalue weighted by Gasteiger charge is 2.25. The van der Waals surface area contributed by atoms with E-state index in [-0.39, 0.29) is 6.29 Å².